The highest BCUT2D eigenvalue weighted by molar-refractivity contribution is 5.80. The third-order valence-electron chi connectivity index (χ3n) is 4.70. The van der Waals surface area contributed by atoms with Crippen LogP contribution in [0.15, 0.2) is 42.1 Å². The lowest BCUT2D eigenvalue weighted by atomic mass is 9.93. The van der Waals surface area contributed by atoms with Crippen molar-refractivity contribution in [1.29, 1.82) is 0 Å². The molecule has 0 bridgehead atoms. The van der Waals surface area contributed by atoms with Crippen molar-refractivity contribution in [3.05, 3.63) is 59.1 Å². The molecule has 0 amide bonds. The van der Waals surface area contributed by atoms with Gasteiger partial charge in [-0.2, -0.15) is 13.2 Å². The molecule has 28 heavy (non-hydrogen) atoms. The van der Waals surface area contributed by atoms with Gasteiger partial charge in [0.25, 0.3) is 0 Å². The summed E-state index contributed by atoms with van der Waals surface area (Å²) >= 11 is 0. The Morgan fingerprint density at radius 2 is 1.96 bits per heavy atom. The minimum atomic E-state index is -4.26. The van der Waals surface area contributed by atoms with Gasteiger partial charge in [0.05, 0.1) is 5.92 Å². The minimum Gasteiger partial charge on any atom is -0.402 e. The Labute approximate surface area is 163 Å². The van der Waals surface area contributed by atoms with Crippen LogP contribution in [0.2, 0.25) is 0 Å². The second-order valence-electron chi connectivity index (χ2n) is 7.33. The summed E-state index contributed by atoms with van der Waals surface area (Å²) in [5.74, 6) is -1.95. The lowest BCUT2D eigenvalue weighted by Crippen LogP contribution is -2.41. The second kappa shape index (κ2) is 8.82. The number of anilines is 1. The fourth-order valence-corrected chi connectivity index (χ4v) is 3.49. The van der Waals surface area contributed by atoms with E-state index in [1.54, 1.807) is 37.0 Å². The number of hydrogen-bond donors (Lipinski definition) is 2. The van der Waals surface area contributed by atoms with Crippen LogP contribution in [-0.4, -0.2) is 19.3 Å². The van der Waals surface area contributed by atoms with E-state index >= 15 is 4.39 Å². The standard InChI is InChI=1S/C21H27F4N3/c1-13(2)7-15(8-14(3)27)20-16(11-26)9-18(10-19(20)22)28-6-4-5-17(12-28)21(23,24)25/h7-10,17H,1,4-6,11-12,26-27H2,2-3H3/b14-8-,15-7+. The van der Waals surface area contributed by atoms with E-state index in [0.29, 0.717) is 46.6 Å². The number of allylic oxidation sites excluding steroid dienone is 5. The van der Waals surface area contributed by atoms with Gasteiger partial charge in [-0.15, -0.1) is 0 Å². The van der Waals surface area contributed by atoms with Crippen LogP contribution in [-0.2, 0) is 6.54 Å². The van der Waals surface area contributed by atoms with Crippen LogP contribution in [0.5, 0.6) is 0 Å². The maximum absolute atomic E-state index is 15.1. The molecule has 1 heterocycles. The van der Waals surface area contributed by atoms with Gasteiger partial charge in [0.2, 0.25) is 0 Å². The van der Waals surface area contributed by atoms with Crippen LogP contribution < -0.4 is 16.4 Å². The van der Waals surface area contributed by atoms with Crippen LogP contribution >= 0.6 is 0 Å². The fraction of sp³-hybridized carbons (Fsp3) is 0.429. The van der Waals surface area contributed by atoms with Crippen molar-refractivity contribution < 1.29 is 17.6 Å². The Morgan fingerprint density at radius 3 is 2.50 bits per heavy atom. The van der Waals surface area contributed by atoms with Gasteiger partial charge in [-0.3, -0.25) is 0 Å². The zero-order valence-electron chi connectivity index (χ0n) is 16.2. The normalized spacial score (nSPS) is 19.1. The zero-order valence-corrected chi connectivity index (χ0v) is 16.2. The van der Waals surface area contributed by atoms with Crippen molar-refractivity contribution in [2.24, 2.45) is 17.4 Å². The molecular formula is C21H27F4N3. The van der Waals surface area contributed by atoms with E-state index in [1.807, 2.05) is 0 Å². The molecule has 0 spiro atoms. The van der Waals surface area contributed by atoms with Crippen LogP contribution in [0.4, 0.5) is 23.2 Å². The predicted molar refractivity (Wildman–Crippen MR) is 106 cm³/mol. The molecule has 0 saturated carbocycles. The first-order chi connectivity index (χ1) is 13.0. The molecule has 1 unspecified atom stereocenters. The molecule has 154 valence electrons. The van der Waals surface area contributed by atoms with E-state index in [2.05, 4.69) is 6.58 Å². The zero-order chi connectivity index (χ0) is 21.1. The molecule has 1 aromatic rings. The number of benzene rings is 1. The molecule has 0 radical (unpaired) electrons. The van der Waals surface area contributed by atoms with Gasteiger partial charge < -0.3 is 16.4 Å². The Hall–Kier alpha value is -2.28. The summed E-state index contributed by atoms with van der Waals surface area (Å²) in [7, 11) is 0. The van der Waals surface area contributed by atoms with Gasteiger partial charge in [0.15, 0.2) is 0 Å². The summed E-state index contributed by atoms with van der Waals surface area (Å²) < 4.78 is 54.4. The molecule has 1 aliphatic heterocycles. The average Bonchev–Trinajstić information content (AvgIpc) is 2.59. The summed E-state index contributed by atoms with van der Waals surface area (Å²) in [6.45, 7) is 7.60. The monoisotopic (exact) mass is 397 g/mol. The molecule has 3 nitrogen and oxygen atoms in total. The summed E-state index contributed by atoms with van der Waals surface area (Å²) in [6.07, 6.45) is -0.423. The summed E-state index contributed by atoms with van der Waals surface area (Å²) in [5.41, 5.74) is 14.6. The maximum atomic E-state index is 15.1. The first-order valence-corrected chi connectivity index (χ1v) is 9.18. The molecule has 1 aliphatic rings. The van der Waals surface area contributed by atoms with E-state index in [4.69, 9.17) is 11.5 Å². The van der Waals surface area contributed by atoms with Gasteiger partial charge >= 0.3 is 6.18 Å². The average molecular weight is 397 g/mol. The van der Waals surface area contributed by atoms with Crippen LogP contribution in [0.25, 0.3) is 5.57 Å². The summed E-state index contributed by atoms with van der Waals surface area (Å²) in [4.78, 5) is 1.58. The molecule has 4 N–H and O–H groups in total. The van der Waals surface area contributed by atoms with Crippen molar-refractivity contribution in [3.63, 3.8) is 0 Å². The molecule has 1 atom stereocenters. The second-order valence-corrected chi connectivity index (χ2v) is 7.33. The third kappa shape index (κ3) is 5.38. The quantitative estimate of drug-likeness (QED) is 0.550. The minimum absolute atomic E-state index is 0.0433. The van der Waals surface area contributed by atoms with E-state index < -0.39 is 17.9 Å². The number of piperidine rings is 1. The topological polar surface area (TPSA) is 55.3 Å². The van der Waals surface area contributed by atoms with E-state index in [0.717, 1.165) is 0 Å². The highest BCUT2D eigenvalue weighted by Gasteiger charge is 2.42. The Kier molecular flexibility index (Phi) is 6.93. The number of alkyl halides is 3. The largest absolute Gasteiger partial charge is 0.402 e. The van der Waals surface area contributed by atoms with Crippen LogP contribution in [0.1, 0.15) is 37.8 Å². The van der Waals surface area contributed by atoms with Crippen LogP contribution in [0.3, 0.4) is 0 Å². The Balaban J connectivity index is 2.48. The van der Waals surface area contributed by atoms with E-state index in [9.17, 15) is 13.2 Å². The molecule has 0 aliphatic carbocycles. The molecular weight excluding hydrogens is 370 g/mol. The molecule has 1 aromatic carbocycles. The fourth-order valence-electron chi connectivity index (χ4n) is 3.49. The molecule has 1 saturated heterocycles. The molecule has 0 aromatic heterocycles. The van der Waals surface area contributed by atoms with Gasteiger partial charge in [-0.05, 0) is 56.0 Å². The van der Waals surface area contributed by atoms with Crippen LogP contribution in [0, 0.1) is 11.7 Å². The molecule has 1 fully saturated rings. The maximum Gasteiger partial charge on any atom is 0.393 e. The number of nitrogens with zero attached hydrogens (tertiary/aromatic N) is 1. The Bertz CT molecular complexity index is 790. The van der Waals surface area contributed by atoms with Gasteiger partial charge in [-0.1, -0.05) is 18.2 Å². The van der Waals surface area contributed by atoms with Gasteiger partial charge in [0.1, 0.15) is 5.82 Å². The Morgan fingerprint density at radius 1 is 1.29 bits per heavy atom. The smallest absolute Gasteiger partial charge is 0.393 e. The number of hydrogen-bond acceptors (Lipinski definition) is 3. The first-order valence-electron chi connectivity index (χ1n) is 9.18. The van der Waals surface area contributed by atoms with E-state index in [-0.39, 0.29) is 19.5 Å². The molecule has 2 rings (SSSR count). The summed E-state index contributed by atoms with van der Waals surface area (Å²) in [5, 5.41) is 0. The number of halogens is 4. The van der Waals surface area contributed by atoms with Crippen molar-refractivity contribution >= 4 is 11.3 Å². The third-order valence-corrected chi connectivity index (χ3v) is 4.70. The van der Waals surface area contributed by atoms with Crippen molar-refractivity contribution in [2.45, 2.75) is 39.4 Å². The molecule has 7 heteroatoms. The predicted octanol–water partition coefficient (Wildman–Crippen LogP) is 4.89. The lowest BCUT2D eigenvalue weighted by Gasteiger charge is -2.35. The number of nitrogens with two attached hydrogens (primary N) is 2. The summed E-state index contributed by atoms with van der Waals surface area (Å²) in [6, 6.07) is 2.95. The SMILES string of the molecule is C=C(C)/C=C(\C=C(\C)N)c1c(F)cc(N2CCCC(C(F)(F)F)C2)cc1CN. The van der Waals surface area contributed by atoms with Gasteiger partial charge in [0, 0.05) is 36.6 Å². The lowest BCUT2D eigenvalue weighted by molar-refractivity contribution is -0.175. The highest BCUT2D eigenvalue weighted by atomic mass is 19.4. The van der Waals surface area contributed by atoms with Crippen molar-refractivity contribution in [3.8, 4) is 0 Å². The van der Waals surface area contributed by atoms with Gasteiger partial charge in [-0.25, -0.2) is 4.39 Å². The highest BCUT2D eigenvalue weighted by Crippen LogP contribution is 2.36. The first kappa shape index (κ1) is 22.0. The number of rotatable bonds is 5. The van der Waals surface area contributed by atoms with E-state index in [1.165, 1.54) is 6.07 Å². The van der Waals surface area contributed by atoms with Crippen molar-refractivity contribution in [2.75, 3.05) is 18.0 Å². The van der Waals surface area contributed by atoms with Crippen molar-refractivity contribution in [1.82, 2.24) is 0 Å².